The fourth-order valence-corrected chi connectivity index (χ4v) is 2.11. The molecule has 0 aromatic carbocycles. The van der Waals surface area contributed by atoms with Crippen LogP contribution in [0.5, 0.6) is 0 Å². The van der Waals surface area contributed by atoms with E-state index in [1.165, 1.54) is 0 Å². The first-order chi connectivity index (χ1) is 6.29. The van der Waals surface area contributed by atoms with Gasteiger partial charge in [0.25, 0.3) is 0 Å². The van der Waals surface area contributed by atoms with Gasteiger partial charge >= 0.3 is 0 Å². The summed E-state index contributed by atoms with van der Waals surface area (Å²) in [4.78, 5) is 2.47. The number of ether oxygens (including phenoxy) is 1. The van der Waals surface area contributed by atoms with Gasteiger partial charge in [-0.05, 0) is 18.1 Å². The lowest BCUT2D eigenvalue weighted by Gasteiger charge is -2.21. The highest BCUT2D eigenvalue weighted by molar-refractivity contribution is 5.29. The lowest BCUT2D eigenvalue weighted by atomic mass is 10.2. The third kappa shape index (κ3) is 1.93. The molecule has 3 heteroatoms. The fourth-order valence-electron chi connectivity index (χ4n) is 2.11. The Bertz CT molecular complexity index is 209. The summed E-state index contributed by atoms with van der Waals surface area (Å²) in [5.41, 5.74) is 3.23. The SMILES string of the molecule is COC(C)CN1CC2=C(CNC2)C1. The minimum atomic E-state index is 0.355. The first kappa shape index (κ1) is 9.19. The summed E-state index contributed by atoms with van der Waals surface area (Å²) in [6.07, 6.45) is 0.355. The number of nitrogens with one attached hydrogen (secondary N) is 1. The third-order valence-electron chi connectivity index (χ3n) is 2.92. The van der Waals surface area contributed by atoms with Gasteiger partial charge in [0.1, 0.15) is 0 Å². The van der Waals surface area contributed by atoms with Crippen molar-refractivity contribution in [3.05, 3.63) is 11.1 Å². The summed E-state index contributed by atoms with van der Waals surface area (Å²) < 4.78 is 5.26. The first-order valence-corrected chi connectivity index (χ1v) is 4.95. The van der Waals surface area contributed by atoms with Crippen molar-refractivity contribution < 1.29 is 4.74 Å². The van der Waals surface area contributed by atoms with Crippen LogP contribution in [0.1, 0.15) is 6.92 Å². The summed E-state index contributed by atoms with van der Waals surface area (Å²) >= 11 is 0. The molecule has 1 unspecified atom stereocenters. The Morgan fingerprint density at radius 2 is 2.00 bits per heavy atom. The van der Waals surface area contributed by atoms with Gasteiger partial charge in [-0.1, -0.05) is 0 Å². The summed E-state index contributed by atoms with van der Waals surface area (Å²) in [6.45, 7) is 7.69. The van der Waals surface area contributed by atoms with E-state index >= 15 is 0 Å². The zero-order valence-electron chi connectivity index (χ0n) is 8.47. The molecule has 0 amide bonds. The Balaban J connectivity index is 1.82. The van der Waals surface area contributed by atoms with Gasteiger partial charge in [0, 0.05) is 39.8 Å². The molecule has 2 rings (SSSR count). The molecule has 0 aliphatic carbocycles. The molecule has 0 bridgehead atoms. The second-order valence-corrected chi connectivity index (χ2v) is 4.03. The molecule has 0 saturated carbocycles. The minimum Gasteiger partial charge on any atom is -0.380 e. The van der Waals surface area contributed by atoms with Crippen LogP contribution in [0.15, 0.2) is 11.1 Å². The van der Waals surface area contributed by atoms with Crippen LogP contribution in [-0.4, -0.2) is 50.8 Å². The Morgan fingerprint density at radius 1 is 1.38 bits per heavy atom. The Morgan fingerprint density at radius 3 is 2.54 bits per heavy atom. The van der Waals surface area contributed by atoms with Crippen LogP contribution in [-0.2, 0) is 4.74 Å². The van der Waals surface area contributed by atoms with Crippen molar-refractivity contribution in [3.63, 3.8) is 0 Å². The van der Waals surface area contributed by atoms with Gasteiger partial charge in [0.15, 0.2) is 0 Å². The highest BCUT2D eigenvalue weighted by Gasteiger charge is 2.25. The summed E-state index contributed by atoms with van der Waals surface area (Å²) in [5.74, 6) is 0. The molecule has 0 saturated heterocycles. The van der Waals surface area contributed by atoms with E-state index in [1.54, 1.807) is 18.3 Å². The summed E-state index contributed by atoms with van der Waals surface area (Å²) in [5, 5.41) is 3.38. The van der Waals surface area contributed by atoms with E-state index in [0.717, 1.165) is 32.7 Å². The fraction of sp³-hybridized carbons (Fsp3) is 0.800. The van der Waals surface area contributed by atoms with E-state index in [9.17, 15) is 0 Å². The first-order valence-electron chi connectivity index (χ1n) is 4.95. The van der Waals surface area contributed by atoms with Crippen LogP contribution in [0.2, 0.25) is 0 Å². The predicted molar refractivity (Wildman–Crippen MR) is 52.8 cm³/mol. The van der Waals surface area contributed by atoms with Crippen molar-refractivity contribution in [2.75, 3.05) is 39.8 Å². The van der Waals surface area contributed by atoms with Crippen LogP contribution in [0.25, 0.3) is 0 Å². The van der Waals surface area contributed by atoms with E-state index in [-0.39, 0.29) is 0 Å². The molecule has 1 N–H and O–H groups in total. The molecular weight excluding hydrogens is 164 g/mol. The van der Waals surface area contributed by atoms with Gasteiger partial charge in [-0.25, -0.2) is 0 Å². The molecule has 0 aromatic rings. The molecule has 13 heavy (non-hydrogen) atoms. The van der Waals surface area contributed by atoms with Crippen molar-refractivity contribution >= 4 is 0 Å². The van der Waals surface area contributed by atoms with E-state index in [1.807, 2.05) is 0 Å². The Kier molecular flexibility index (Phi) is 2.67. The molecule has 0 fully saturated rings. The highest BCUT2D eigenvalue weighted by Crippen LogP contribution is 2.20. The van der Waals surface area contributed by atoms with Gasteiger partial charge in [-0.15, -0.1) is 0 Å². The zero-order chi connectivity index (χ0) is 9.26. The van der Waals surface area contributed by atoms with E-state index in [2.05, 4.69) is 17.1 Å². The number of rotatable bonds is 3. The number of methoxy groups -OCH3 is 1. The molecule has 74 valence electrons. The van der Waals surface area contributed by atoms with Crippen molar-refractivity contribution in [2.24, 2.45) is 0 Å². The van der Waals surface area contributed by atoms with Crippen LogP contribution >= 0.6 is 0 Å². The Hall–Kier alpha value is -0.380. The molecule has 0 radical (unpaired) electrons. The molecule has 0 aromatic heterocycles. The van der Waals surface area contributed by atoms with Crippen molar-refractivity contribution in [1.82, 2.24) is 10.2 Å². The predicted octanol–water partition coefficient (Wildman–Crippen LogP) is 0.237. The zero-order valence-corrected chi connectivity index (χ0v) is 8.47. The van der Waals surface area contributed by atoms with E-state index in [4.69, 9.17) is 4.74 Å². The smallest absolute Gasteiger partial charge is 0.0670 e. The second-order valence-electron chi connectivity index (χ2n) is 4.03. The second kappa shape index (κ2) is 3.78. The van der Waals surface area contributed by atoms with E-state index < -0.39 is 0 Å². The molecular formula is C10H18N2O. The van der Waals surface area contributed by atoms with Gasteiger partial charge in [-0.3, -0.25) is 4.90 Å². The summed E-state index contributed by atoms with van der Waals surface area (Å²) in [7, 11) is 1.78. The average molecular weight is 182 g/mol. The van der Waals surface area contributed by atoms with Crippen LogP contribution in [0.4, 0.5) is 0 Å². The Labute approximate surface area is 79.7 Å². The monoisotopic (exact) mass is 182 g/mol. The quantitative estimate of drug-likeness (QED) is 0.633. The standard InChI is InChI=1S/C10H18N2O/c1-8(13-2)5-12-6-9-3-11-4-10(9)7-12/h8,11H,3-7H2,1-2H3. The van der Waals surface area contributed by atoms with Crippen molar-refractivity contribution in [2.45, 2.75) is 13.0 Å². The molecule has 1 atom stereocenters. The van der Waals surface area contributed by atoms with Gasteiger partial charge in [0.05, 0.1) is 6.10 Å². The van der Waals surface area contributed by atoms with E-state index in [0.29, 0.717) is 6.10 Å². The number of hydrogen-bond donors (Lipinski definition) is 1. The number of nitrogens with zero attached hydrogens (tertiary/aromatic N) is 1. The molecule has 2 aliphatic rings. The van der Waals surface area contributed by atoms with Gasteiger partial charge in [-0.2, -0.15) is 0 Å². The highest BCUT2D eigenvalue weighted by atomic mass is 16.5. The minimum absolute atomic E-state index is 0.355. The lowest BCUT2D eigenvalue weighted by Crippen LogP contribution is -2.33. The molecule has 2 heterocycles. The maximum Gasteiger partial charge on any atom is 0.0670 e. The van der Waals surface area contributed by atoms with Crippen LogP contribution in [0, 0.1) is 0 Å². The average Bonchev–Trinajstić information content (AvgIpc) is 2.63. The lowest BCUT2D eigenvalue weighted by molar-refractivity contribution is 0.0856. The van der Waals surface area contributed by atoms with Crippen molar-refractivity contribution in [3.8, 4) is 0 Å². The van der Waals surface area contributed by atoms with Crippen molar-refractivity contribution in [1.29, 1.82) is 0 Å². The van der Waals surface area contributed by atoms with Gasteiger partial charge in [0.2, 0.25) is 0 Å². The number of hydrogen-bond acceptors (Lipinski definition) is 3. The molecule has 2 aliphatic heterocycles. The largest absolute Gasteiger partial charge is 0.380 e. The van der Waals surface area contributed by atoms with Gasteiger partial charge < -0.3 is 10.1 Å². The maximum absolute atomic E-state index is 5.26. The van der Waals surface area contributed by atoms with Crippen LogP contribution in [0.3, 0.4) is 0 Å². The molecule has 3 nitrogen and oxygen atoms in total. The van der Waals surface area contributed by atoms with Crippen LogP contribution < -0.4 is 5.32 Å². The third-order valence-corrected chi connectivity index (χ3v) is 2.92. The maximum atomic E-state index is 5.26. The molecule has 0 spiro atoms. The normalized spacial score (nSPS) is 25.4. The topological polar surface area (TPSA) is 24.5 Å². The summed E-state index contributed by atoms with van der Waals surface area (Å²) in [6, 6.07) is 0.